The zero-order valence-corrected chi connectivity index (χ0v) is 16.4. The van der Waals surface area contributed by atoms with Crippen LogP contribution in [0.25, 0.3) is 0 Å². The van der Waals surface area contributed by atoms with Crippen LogP contribution in [0.4, 0.5) is 0 Å². The number of likely N-dealkylation sites (tertiary alicyclic amines) is 1. The van der Waals surface area contributed by atoms with E-state index >= 15 is 0 Å². The highest BCUT2D eigenvalue weighted by atomic mass is 35.5. The molecule has 0 aromatic heterocycles. The smallest absolute Gasteiger partial charge is 0.261 e. The van der Waals surface area contributed by atoms with E-state index in [-0.39, 0.29) is 42.6 Å². The lowest BCUT2D eigenvalue weighted by atomic mass is 10.0. The molecule has 4 amide bonds. The standard InChI is InChI=1S/C20H24ClN3O4/c21-10-7-17(25)22-14-8-12-23(13-9-14)18(26)6-3-11-24-19(27)15-4-1-2-5-16(15)20(24)28/h1-2,4-5,14H,3,6-13H2,(H,22,25). The molecule has 0 saturated carbocycles. The third-order valence-electron chi connectivity index (χ3n) is 5.18. The van der Waals surface area contributed by atoms with Crippen molar-refractivity contribution in [3.8, 4) is 0 Å². The van der Waals surface area contributed by atoms with Gasteiger partial charge in [0.2, 0.25) is 11.8 Å². The van der Waals surface area contributed by atoms with Crippen molar-refractivity contribution >= 4 is 35.2 Å². The summed E-state index contributed by atoms with van der Waals surface area (Å²) >= 11 is 5.56. The van der Waals surface area contributed by atoms with Gasteiger partial charge < -0.3 is 10.2 Å². The molecule has 150 valence electrons. The largest absolute Gasteiger partial charge is 0.353 e. The molecule has 0 atom stereocenters. The first-order valence-electron chi connectivity index (χ1n) is 9.59. The van der Waals surface area contributed by atoms with E-state index in [0.717, 1.165) is 12.8 Å². The molecule has 1 aromatic rings. The van der Waals surface area contributed by atoms with Gasteiger partial charge in [0.05, 0.1) is 11.1 Å². The third-order valence-corrected chi connectivity index (χ3v) is 5.37. The Balaban J connectivity index is 1.41. The topological polar surface area (TPSA) is 86.8 Å². The molecule has 7 nitrogen and oxygen atoms in total. The Bertz CT molecular complexity index is 739. The van der Waals surface area contributed by atoms with Gasteiger partial charge in [0.1, 0.15) is 0 Å². The molecule has 2 aliphatic rings. The third kappa shape index (κ3) is 4.52. The molecule has 0 unspecified atom stereocenters. The summed E-state index contributed by atoms with van der Waals surface area (Å²) in [7, 11) is 0. The molecule has 1 fully saturated rings. The van der Waals surface area contributed by atoms with Crippen LogP contribution in [0.1, 0.15) is 52.8 Å². The number of carbonyl (C=O) groups excluding carboxylic acids is 4. The summed E-state index contributed by atoms with van der Waals surface area (Å²) in [5.41, 5.74) is 0.856. The molecule has 8 heteroatoms. The predicted molar refractivity (Wildman–Crippen MR) is 104 cm³/mol. The van der Waals surface area contributed by atoms with Crippen molar-refractivity contribution < 1.29 is 19.2 Å². The van der Waals surface area contributed by atoms with Crippen molar-refractivity contribution in [1.29, 1.82) is 0 Å². The van der Waals surface area contributed by atoms with Gasteiger partial charge >= 0.3 is 0 Å². The summed E-state index contributed by atoms with van der Waals surface area (Å²) in [5.74, 6) is -0.318. The van der Waals surface area contributed by atoms with Crippen molar-refractivity contribution in [3.63, 3.8) is 0 Å². The Kier molecular flexibility index (Phi) is 6.67. The van der Waals surface area contributed by atoms with E-state index in [9.17, 15) is 19.2 Å². The van der Waals surface area contributed by atoms with Crippen molar-refractivity contribution in [2.24, 2.45) is 0 Å². The molecule has 0 bridgehead atoms. The second-order valence-corrected chi connectivity index (χ2v) is 7.45. The summed E-state index contributed by atoms with van der Waals surface area (Å²) in [6.07, 6.45) is 2.47. The Labute approximate surface area is 169 Å². The number of rotatable bonds is 7. The Morgan fingerprint density at radius 2 is 1.64 bits per heavy atom. The van der Waals surface area contributed by atoms with E-state index in [4.69, 9.17) is 11.6 Å². The molecule has 1 aromatic carbocycles. The van der Waals surface area contributed by atoms with Gasteiger partial charge in [0.15, 0.2) is 0 Å². The van der Waals surface area contributed by atoms with Crippen molar-refractivity contribution in [1.82, 2.24) is 15.1 Å². The monoisotopic (exact) mass is 405 g/mol. The fraction of sp³-hybridized carbons (Fsp3) is 0.500. The van der Waals surface area contributed by atoms with Gasteiger partial charge in [0.25, 0.3) is 11.8 Å². The van der Waals surface area contributed by atoms with Gasteiger partial charge in [0, 0.05) is 44.4 Å². The molecule has 3 rings (SSSR count). The second kappa shape index (κ2) is 9.19. The highest BCUT2D eigenvalue weighted by molar-refractivity contribution is 6.21. The Hall–Kier alpha value is -2.41. The maximum absolute atomic E-state index is 12.4. The number of amides is 4. The van der Waals surface area contributed by atoms with Gasteiger partial charge in [-0.25, -0.2) is 0 Å². The lowest BCUT2D eigenvalue weighted by Crippen LogP contribution is -2.46. The van der Waals surface area contributed by atoms with E-state index in [0.29, 0.717) is 42.9 Å². The normalized spacial score (nSPS) is 17.0. The number of piperidine rings is 1. The molecular formula is C20H24ClN3O4. The number of carbonyl (C=O) groups is 4. The van der Waals surface area contributed by atoms with Crippen LogP contribution in [-0.2, 0) is 9.59 Å². The number of fused-ring (bicyclic) bond motifs is 1. The first-order chi connectivity index (χ1) is 13.5. The molecular weight excluding hydrogens is 382 g/mol. The number of imide groups is 1. The minimum absolute atomic E-state index is 0.0159. The number of nitrogens with zero attached hydrogens (tertiary/aromatic N) is 2. The van der Waals surface area contributed by atoms with E-state index in [2.05, 4.69) is 5.32 Å². The van der Waals surface area contributed by atoms with Crippen LogP contribution >= 0.6 is 11.6 Å². The number of nitrogens with one attached hydrogen (secondary N) is 1. The molecule has 0 spiro atoms. The summed E-state index contributed by atoms with van der Waals surface area (Å²) in [6, 6.07) is 6.85. The average molecular weight is 406 g/mol. The van der Waals surface area contributed by atoms with Crippen LogP contribution in [0.2, 0.25) is 0 Å². The lowest BCUT2D eigenvalue weighted by molar-refractivity contribution is -0.132. The van der Waals surface area contributed by atoms with Crippen molar-refractivity contribution in [3.05, 3.63) is 35.4 Å². The number of benzene rings is 1. The maximum Gasteiger partial charge on any atom is 0.261 e. The average Bonchev–Trinajstić information content (AvgIpc) is 2.94. The minimum Gasteiger partial charge on any atom is -0.353 e. The number of alkyl halides is 1. The predicted octanol–water partition coefficient (Wildman–Crippen LogP) is 1.80. The zero-order valence-electron chi connectivity index (χ0n) is 15.7. The SMILES string of the molecule is O=C(CCCl)NC1CCN(C(=O)CCCN2C(=O)c3ccccc3C2=O)CC1. The van der Waals surface area contributed by atoms with E-state index in [1.165, 1.54) is 4.90 Å². The van der Waals surface area contributed by atoms with E-state index < -0.39 is 0 Å². The molecule has 1 N–H and O–H groups in total. The lowest BCUT2D eigenvalue weighted by Gasteiger charge is -2.32. The minimum atomic E-state index is -0.290. The van der Waals surface area contributed by atoms with Gasteiger partial charge in [-0.15, -0.1) is 11.6 Å². The van der Waals surface area contributed by atoms with Crippen LogP contribution in [0.3, 0.4) is 0 Å². The number of halogens is 1. The van der Waals surface area contributed by atoms with Gasteiger partial charge in [-0.2, -0.15) is 0 Å². The highest BCUT2D eigenvalue weighted by Gasteiger charge is 2.34. The Morgan fingerprint density at radius 3 is 2.21 bits per heavy atom. The zero-order chi connectivity index (χ0) is 20.1. The van der Waals surface area contributed by atoms with Crippen LogP contribution in [0.5, 0.6) is 0 Å². The maximum atomic E-state index is 12.4. The number of hydrogen-bond donors (Lipinski definition) is 1. The summed E-state index contributed by atoms with van der Waals surface area (Å²) in [6.45, 7) is 1.43. The van der Waals surface area contributed by atoms with Gasteiger partial charge in [-0.05, 0) is 31.4 Å². The fourth-order valence-electron chi connectivity index (χ4n) is 3.65. The Morgan fingerprint density at radius 1 is 1.04 bits per heavy atom. The molecule has 1 saturated heterocycles. The molecule has 0 aliphatic carbocycles. The van der Waals surface area contributed by atoms with Gasteiger partial charge in [-0.3, -0.25) is 24.1 Å². The molecule has 2 heterocycles. The summed E-state index contributed by atoms with van der Waals surface area (Å²) in [5, 5.41) is 2.93. The second-order valence-electron chi connectivity index (χ2n) is 7.07. The van der Waals surface area contributed by atoms with Crippen molar-refractivity contribution in [2.75, 3.05) is 25.5 Å². The summed E-state index contributed by atoms with van der Waals surface area (Å²) < 4.78 is 0. The van der Waals surface area contributed by atoms with E-state index in [1.807, 2.05) is 0 Å². The summed E-state index contributed by atoms with van der Waals surface area (Å²) in [4.78, 5) is 51.7. The van der Waals surface area contributed by atoms with Crippen LogP contribution < -0.4 is 5.32 Å². The molecule has 28 heavy (non-hydrogen) atoms. The van der Waals surface area contributed by atoms with Crippen LogP contribution in [0, 0.1) is 0 Å². The van der Waals surface area contributed by atoms with Gasteiger partial charge in [-0.1, -0.05) is 12.1 Å². The van der Waals surface area contributed by atoms with E-state index in [1.54, 1.807) is 29.2 Å². The molecule has 0 radical (unpaired) electrons. The first-order valence-corrected chi connectivity index (χ1v) is 10.1. The number of hydrogen-bond acceptors (Lipinski definition) is 4. The highest BCUT2D eigenvalue weighted by Crippen LogP contribution is 2.23. The quantitative estimate of drug-likeness (QED) is 0.553. The fourth-order valence-corrected chi connectivity index (χ4v) is 3.82. The van der Waals surface area contributed by atoms with Crippen molar-refractivity contribution in [2.45, 2.75) is 38.1 Å². The van der Waals surface area contributed by atoms with Crippen LogP contribution in [-0.4, -0.2) is 65.0 Å². The van der Waals surface area contributed by atoms with Crippen LogP contribution in [0.15, 0.2) is 24.3 Å². The first kappa shape index (κ1) is 20.3. The molecule has 2 aliphatic heterocycles.